The van der Waals surface area contributed by atoms with Gasteiger partial charge in [-0.1, -0.05) is 0 Å². The van der Waals surface area contributed by atoms with Crippen molar-refractivity contribution in [1.29, 1.82) is 0 Å². The largest absolute Gasteiger partial charge is 0.490 e. The fourth-order valence-corrected chi connectivity index (χ4v) is 6.48. The molecule has 2 N–H and O–H groups in total. The number of likely N-dealkylation sites (N-methyl/N-ethyl adjacent to an activating group) is 1. The third-order valence-electron chi connectivity index (χ3n) is 7.29. The number of ether oxygens (including phenoxy) is 2. The number of benzene rings is 1. The molecule has 1 atom stereocenters. The highest BCUT2D eigenvalue weighted by Crippen LogP contribution is 2.46. The molecule has 6 rings (SSSR count). The van der Waals surface area contributed by atoms with Crippen LogP contribution in [0.3, 0.4) is 0 Å². The number of nitrogens with one attached hydrogen (secondary N) is 2. The summed E-state index contributed by atoms with van der Waals surface area (Å²) in [6.07, 6.45) is 5.59. The summed E-state index contributed by atoms with van der Waals surface area (Å²) in [5, 5.41) is 6.96. The lowest BCUT2D eigenvalue weighted by Gasteiger charge is -2.31. The minimum absolute atomic E-state index is 0.0939. The number of hydrogen-bond donors (Lipinski definition) is 2. The second-order valence-corrected chi connectivity index (χ2v) is 11.0. The Bertz CT molecular complexity index is 1350. The topological polar surface area (TPSA) is 96.0 Å². The van der Waals surface area contributed by atoms with E-state index in [2.05, 4.69) is 27.6 Å². The SMILES string of the molecule is Cc1cc(OC2CCOCC2)ccc1N1C(=O)Nc2c(C(=O)N[C@@H]3CCCN(C)C3)sc3nccc1c23. The lowest BCUT2D eigenvalue weighted by Crippen LogP contribution is -2.46. The van der Waals surface area contributed by atoms with Gasteiger partial charge in [-0.15, -0.1) is 11.3 Å². The summed E-state index contributed by atoms with van der Waals surface area (Å²) in [7, 11) is 2.07. The fourth-order valence-electron chi connectivity index (χ4n) is 5.46. The predicted molar refractivity (Wildman–Crippen MR) is 144 cm³/mol. The predicted octanol–water partition coefficient (Wildman–Crippen LogP) is 4.67. The summed E-state index contributed by atoms with van der Waals surface area (Å²) < 4.78 is 11.6. The van der Waals surface area contributed by atoms with E-state index < -0.39 is 0 Å². The first kappa shape index (κ1) is 24.1. The van der Waals surface area contributed by atoms with Crippen molar-refractivity contribution in [2.24, 2.45) is 0 Å². The van der Waals surface area contributed by atoms with Gasteiger partial charge in [0, 0.05) is 31.6 Å². The van der Waals surface area contributed by atoms with Gasteiger partial charge < -0.3 is 25.0 Å². The summed E-state index contributed by atoms with van der Waals surface area (Å²) in [6.45, 7) is 5.27. The van der Waals surface area contributed by atoms with Crippen LogP contribution in [0.15, 0.2) is 30.5 Å². The van der Waals surface area contributed by atoms with Crippen LogP contribution in [-0.4, -0.2) is 67.3 Å². The first-order chi connectivity index (χ1) is 18.0. The van der Waals surface area contributed by atoms with Crippen molar-refractivity contribution in [3.05, 3.63) is 40.9 Å². The molecule has 194 valence electrons. The number of carbonyl (C=O) groups is 2. The van der Waals surface area contributed by atoms with Crippen LogP contribution in [0.5, 0.6) is 5.75 Å². The van der Waals surface area contributed by atoms with Gasteiger partial charge in [-0.3, -0.25) is 9.69 Å². The Balaban J connectivity index is 1.30. The molecule has 3 aromatic rings. The van der Waals surface area contributed by atoms with Crippen LogP contribution in [-0.2, 0) is 4.74 Å². The van der Waals surface area contributed by atoms with Crippen LogP contribution < -0.4 is 20.3 Å². The highest BCUT2D eigenvalue weighted by molar-refractivity contribution is 7.21. The van der Waals surface area contributed by atoms with Crippen molar-refractivity contribution < 1.29 is 19.1 Å². The van der Waals surface area contributed by atoms with E-state index >= 15 is 0 Å². The number of nitrogens with zero attached hydrogens (tertiary/aromatic N) is 3. The number of piperidine rings is 1. The van der Waals surface area contributed by atoms with Gasteiger partial charge in [0.05, 0.1) is 35.7 Å². The molecule has 3 aliphatic rings. The van der Waals surface area contributed by atoms with Gasteiger partial charge in [0.1, 0.15) is 21.6 Å². The van der Waals surface area contributed by atoms with E-state index in [4.69, 9.17) is 9.47 Å². The molecule has 0 bridgehead atoms. The number of aromatic nitrogens is 1. The number of aryl methyl sites for hydroxylation is 1. The molecule has 0 saturated carbocycles. The molecule has 9 nitrogen and oxygen atoms in total. The number of hydrogen-bond acceptors (Lipinski definition) is 7. The molecule has 3 aliphatic heterocycles. The van der Waals surface area contributed by atoms with Crippen LogP contribution in [0.2, 0.25) is 0 Å². The van der Waals surface area contributed by atoms with Crippen molar-refractivity contribution >= 4 is 50.6 Å². The molecule has 2 fully saturated rings. The number of urea groups is 1. The molecule has 0 spiro atoms. The molecule has 3 amide bonds. The van der Waals surface area contributed by atoms with E-state index in [-0.39, 0.29) is 24.1 Å². The Morgan fingerprint density at radius 1 is 1.22 bits per heavy atom. The minimum atomic E-state index is -0.300. The third-order valence-corrected chi connectivity index (χ3v) is 8.39. The van der Waals surface area contributed by atoms with Gasteiger partial charge in [-0.05, 0) is 63.2 Å². The van der Waals surface area contributed by atoms with Crippen molar-refractivity contribution in [1.82, 2.24) is 15.2 Å². The smallest absolute Gasteiger partial charge is 0.331 e. The molecule has 0 aliphatic carbocycles. The van der Waals surface area contributed by atoms with Gasteiger partial charge in [-0.2, -0.15) is 0 Å². The zero-order chi connectivity index (χ0) is 25.5. The van der Waals surface area contributed by atoms with Gasteiger partial charge in [0.25, 0.3) is 5.91 Å². The Morgan fingerprint density at radius 2 is 2.05 bits per heavy atom. The van der Waals surface area contributed by atoms with Crippen LogP contribution >= 0.6 is 11.3 Å². The zero-order valence-corrected chi connectivity index (χ0v) is 21.9. The molecule has 2 aromatic heterocycles. The van der Waals surface area contributed by atoms with Crippen LogP contribution in [0.1, 0.15) is 40.9 Å². The van der Waals surface area contributed by atoms with Crippen molar-refractivity contribution in [3.8, 4) is 5.75 Å². The van der Waals surface area contributed by atoms with Gasteiger partial charge in [0.15, 0.2) is 0 Å². The van der Waals surface area contributed by atoms with E-state index in [1.807, 2.05) is 31.2 Å². The molecular formula is C27H31N5O4S. The molecule has 1 aromatic carbocycles. The van der Waals surface area contributed by atoms with Crippen molar-refractivity contribution in [2.75, 3.05) is 43.6 Å². The maximum absolute atomic E-state index is 13.5. The van der Waals surface area contributed by atoms with Gasteiger partial charge in [0.2, 0.25) is 0 Å². The fraction of sp³-hybridized carbons (Fsp3) is 0.444. The zero-order valence-electron chi connectivity index (χ0n) is 21.1. The number of likely N-dealkylation sites (tertiary alicyclic amines) is 1. The molecule has 10 heteroatoms. The van der Waals surface area contributed by atoms with Gasteiger partial charge >= 0.3 is 6.03 Å². The Labute approximate surface area is 219 Å². The Morgan fingerprint density at radius 3 is 2.84 bits per heavy atom. The van der Waals surface area contributed by atoms with E-state index in [9.17, 15) is 9.59 Å². The lowest BCUT2D eigenvalue weighted by molar-refractivity contribution is 0.0255. The second-order valence-electron chi connectivity index (χ2n) is 10.0. The van der Waals surface area contributed by atoms with E-state index in [1.54, 1.807) is 11.1 Å². The van der Waals surface area contributed by atoms with E-state index in [1.165, 1.54) is 11.3 Å². The van der Waals surface area contributed by atoms with Crippen molar-refractivity contribution in [3.63, 3.8) is 0 Å². The average molecular weight is 522 g/mol. The molecule has 0 unspecified atom stereocenters. The normalized spacial score (nSPS) is 20.6. The second kappa shape index (κ2) is 9.92. The average Bonchev–Trinajstić information content (AvgIpc) is 3.25. The molecule has 37 heavy (non-hydrogen) atoms. The molecule has 0 radical (unpaired) electrons. The maximum atomic E-state index is 13.5. The van der Waals surface area contributed by atoms with E-state index in [0.717, 1.165) is 71.7 Å². The number of anilines is 3. The third kappa shape index (κ3) is 4.65. The number of thiophene rings is 1. The van der Waals surface area contributed by atoms with Gasteiger partial charge in [-0.25, -0.2) is 9.78 Å². The molecule has 2 saturated heterocycles. The summed E-state index contributed by atoms with van der Waals surface area (Å²) in [5.41, 5.74) is 2.95. The first-order valence-electron chi connectivity index (χ1n) is 12.8. The Kier molecular flexibility index (Phi) is 6.48. The standard InChI is InChI=1S/C27H31N5O4S/c1-16-14-19(36-18-8-12-35-13-9-18)5-6-20(16)32-21-7-10-28-26-22(21)23(30-27(32)34)24(37-26)25(33)29-17-4-3-11-31(2)15-17/h5-7,10,14,17-18H,3-4,8-9,11-13,15H2,1-2H3,(H,29,33)(H,30,34)/t17-/m1/s1. The number of carbonyl (C=O) groups excluding carboxylic acids is 2. The van der Waals surface area contributed by atoms with Crippen LogP contribution in [0, 0.1) is 6.92 Å². The highest BCUT2D eigenvalue weighted by atomic mass is 32.1. The monoisotopic (exact) mass is 521 g/mol. The first-order valence-corrected chi connectivity index (χ1v) is 13.7. The highest BCUT2D eigenvalue weighted by Gasteiger charge is 2.34. The minimum Gasteiger partial charge on any atom is -0.490 e. The number of rotatable bonds is 5. The lowest BCUT2D eigenvalue weighted by atomic mass is 10.1. The Hall–Kier alpha value is -3.21. The van der Waals surface area contributed by atoms with Crippen LogP contribution in [0.4, 0.5) is 21.9 Å². The summed E-state index contributed by atoms with van der Waals surface area (Å²) in [4.78, 5) is 36.4. The molecule has 5 heterocycles. The number of amides is 3. The summed E-state index contributed by atoms with van der Waals surface area (Å²) in [6, 6.07) is 7.43. The summed E-state index contributed by atoms with van der Waals surface area (Å²) >= 11 is 1.32. The molecular weight excluding hydrogens is 490 g/mol. The van der Waals surface area contributed by atoms with E-state index in [0.29, 0.717) is 23.8 Å². The van der Waals surface area contributed by atoms with Crippen molar-refractivity contribution in [2.45, 2.75) is 44.8 Å². The van der Waals surface area contributed by atoms with Crippen LogP contribution in [0.25, 0.3) is 10.2 Å². The summed E-state index contributed by atoms with van der Waals surface area (Å²) in [5.74, 6) is 0.623. The maximum Gasteiger partial charge on any atom is 0.331 e. The number of pyridine rings is 1. The quantitative estimate of drug-likeness (QED) is 0.507.